The van der Waals surface area contributed by atoms with Gasteiger partial charge in [-0.2, -0.15) is 0 Å². The quantitative estimate of drug-likeness (QED) is 0.0407. The molecule has 1 aliphatic carbocycles. The minimum Gasteiger partial charge on any atom is -0.370 e. The average Bonchev–Trinajstić information content (AvgIpc) is 3.84. The van der Waals surface area contributed by atoms with Crippen molar-refractivity contribution in [3.63, 3.8) is 0 Å². The molecule has 0 bridgehead atoms. The number of amides is 7. The molecule has 0 spiro atoms. The highest BCUT2D eigenvalue weighted by Crippen LogP contribution is 2.28. The number of nitrogens with one attached hydrogen (secondary N) is 7. The van der Waals surface area contributed by atoms with Gasteiger partial charge in [0.2, 0.25) is 41.4 Å². The summed E-state index contributed by atoms with van der Waals surface area (Å²) < 4.78 is 0. The van der Waals surface area contributed by atoms with Crippen molar-refractivity contribution in [3.05, 3.63) is 71.9 Å². The molecule has 1 saturated heterocycles. The van der Waals surface area contributed by atoms with Crippen LogP contribution in [0, 0.1) is 17.8 Å². The first-order valence-electron chi connectivity index (χ1n) is 27.9. The number of aliphatic imine (C=N–C) groups is 2. The summed E-state index contributed by atoms with van der Waals surface area (Å²) in [5, 5.41) is 17.3. The molecule has 2 heterocycles. The maximum atomic E-state index is 14.8. The van der Waals surface area contributed by atoms with Gasteiger partial charge in [-0.1, -0.05) is 67.8 Å². The van der Waals surface area contributed by atoms with Crippen LogP contribution in [0.2, 0.25) is 0 Å². The Bertz CT molecular complexity index is 2630. The van der Waals surface area contributed by atoms with E-state index < -0.39 is 95.5 Å². The highest BCUT2D eigenvalue weighted by atomic mass is 16.2. The molecular formula is C56H83N15O9. The molecule has 2 fully saturated rings. The van der Waals surface area contributed by atoms with Crippen LogP contribution in [0.1, 0.15) is 120 Å². The molecule has 0 radical (unpaired) electrons. The fraction of sp³-hybridized carbons (Fsp3) is 0.554. The molecule has 7 atom stereocenters. The van der Waals surface area contributed by atoms with Gasteiger partial charge < -0.3 is 71.3 Å². The fourth-order valence-corrected chi connectivity index (χ4v) is 10.3. The molecule has 7 amide bonds. The Hall–Kier alpha value is -7.89. The van der Waals surface area contributed by atoms with Crippen molar-refractivity contribution in [2.75, 3.05) is 26.2 Å². The van der Waals surface area contributed by atoms with Gasteiger partial charge in [-0.15, -0.1) is 0 Å². The molecule has 24 nitrogen and oxygen atoms in total. The molecular weight excluding hydrogens is 1030 g/mol. The van der Waals surface area contributed by atoms with Gasteiger partial charge in [0.15, 0.2) is 17.7 Å². The van der Waals surface area contributed by atoms with Crippen LogP contribution in [-0.2, 0) is 56.0 Å². The van der Waals surface area contributed by atoms with Gasteiger partial charge in [-0.05, 0) is 107 Å². The third kappa shape index (κ3) is 21.4. The van der Waals surface area contributed by atoms with E-state index in [2.05, 4.69) is 46.9 Å². The van der Waals surface area contributed by atoms with E-state index in [0.29, 0.717) is 5.56 Å². The summed E-state index contributed by atoms with van der Waals surface area (Å²) in [5.41, 5.74) is 36.4. The SMILES string of the molecule is NCC[C@@H]1NC(=O)[C@@H](NC(=O)[C@H](CCCN=C(N)N)NC(=O)CC2CCCCC2)CC(=O)NCCCC[C@@H](C(N)=O)NC(=O)[C@H](Cc2c[nH]c3ccccc23)CC(=O)[C@H](CCCN=C(N)N)CC(=O)[C@@H](Cc2ccccc2)NC1=O. The molecule has 1 saturated carbocycles. The van der Waals surface area contributed by atoms with Gasteiger partial charge >= 0.3 is 0 Å². The van der Waals surface area contributed by atoms with Crippen LogP contribution >= 0.6 is 0 Å². The molecule has 0 unspecified atom stereocenters. The summed E-state index contributed by atoms with van der Waals surface area (Å²) >= 11 is 0. The Kier molecular flexibility index (Phi) is 25.9. The largest absolute Gasteiger partial charge is 0.370 e. The third-order valence-corrected chi connectivity index (χ3v) is 14.7. The molecule has 24 heteroatoms. The number of carbonyl (C=O) groups is 9. The summed E-state index contributed by atoms with van der Waals surface area (Å²) in [6.45, 7) is 0.189. The van der Waals surface area contributed by atoms with Gasteiger partial charge in [0.05, 0.1) is 12.5 Å². The van der Waals surface area contributed by atoms with Gasteiger partial charge in [0.25, 0.3) is 0 Å². The first kappa shape index (κ1) is 62.9. The van der Waals surface area contributed by atoms with Crippen LogP contribution in [-0.4, -0.2) is 126 Å². The van der Waals surface area contributed by atoms with Crippen molar-refractivity contribution in [2.45, 2.75) is 152 Å². The van der Waals surface area contributed by atoms with Crippen LogP contribution in [0.5, 0.6) is 0 Å². The summed E-state index contributed by atoms with van der Waals surface area (Å²) in [4.78, 5) is 139. The number of ketones is 2. The highest BCUT2D eigenvalue weighted by molar-refractivity contribution is 5.99. The predicted octanol–water partition coefficient (Wildman–Crippen LogP) is 0.130. The second kappa shape index (κ2) is 32.9. The number of H-pyrrole nitrogens is 1. The third-order valence-electron chi connectivity index (χ3n) is 14.7. The Morgan fingerprint density at radius 2 is 1.32 bits per heavy atom. The van der Waals surface area contributed by atoms with Gasteiger partial charge in [-0.25, -0.2) is 0 Å². The number of aromatic nitrogens is 1. The van der Waals surface area contributed by atoms with Crippen LogP contribution in [0.25, 0.3) is 10.9 Å². The van der Waals surface area contributed by atoms with Crippen molar-refractivity contribution < 1.29 is 43.2 Å². The number of primary amides is 1. The van der Waals surface area contributed by atoms with Crippen molar-refractivity contribution in [3.8, 4) is 0 Å². The number of nitrogens with two attached hydrogens (primary N) is 6. The number of hydrogen-bond donors (Lipinski definition) is 13. The fourth-order valence-electron chi connectivity index (χ4n) is 10.3. The maximum absolute atomic E-state index is 14.8. The van der Waals surface area contributed by atoms with E-state index in [1.165, 1.54) is 0 Å². The number of benzene rings is 2. The molecule has 5 rings (SSSR count). The predicted molar refractivity (Wildman–Crippen MR) is 303 cm³/mol. The molecule has 3 aromatic rings. The zero-order chi connectivity index (χ0) is 58.0. The Morgan fingerprint density at radius 3 is 2.02 bits per heavy atom. The Labute approximate surface area is 466 Å². The summed E-state index contributed by atoms with van der Waals surface area (Å²) in [6, 6.07) is 9.68. The Balaban J connectivity index is 1.50. The second-order valence-corrected chi connectivity index (χ2v) is 21.0. The molecule has 19 N–H and O–H groups in total. The van der Waals surface area contributed by atoms with E-state index in [-0.39, 0.29) is 133 Å². The molecule has 2 aliphatic rings. The van der Waals surface area contributed by atoms with Gasteiger partial charge in [0.1, 0.15) is 30.0 Å². The number of rotatable bonds is 20. The standard InChI is InChI=1S/C56H83N15O9/c57-23-22-43-53(79)70-44(27-34-13-3-1-4-14-34)47(73)30-36(17-11-25-64-55(59)60)46(72)31-37(29-38-33-66-40-19-8-7-18-39(38)40)51(77)68-41(50(58)76)20-9-10-24-63-48(74)32-45(54(80)69-43)71-52(78)42(21-12-26-65-56(61)62)67-49(75)28-35-15-5-2-6-16-35/h1,3-4,7-8,13-14,18-19,33,35-37,41-45,66H,2,5-6,9-12,15-17,20-32,57H2,(H2,58,76)(H,63,74)(H,67,75)(H,68,77)(H,69,80)(H,70,79)(H,71,78)(H4,59,60,64)(H4,61,62,65)/t36-,37-,41+,42+,43+,44-,45+/m1/s1. The number of para-hydroxylation sites is 1. The first-order chi connectivity index (χ1) is 38.4. The minimum atomic E-state index is -1.60. The second-order valence-electron chi connectivity index (χ2n) is 21.0. The number of hydrogen-bond acceptors (Lipinski definition) is 12. The first-order valence-corrected chi connectivity index (χ1v) is 27.9. The smallest absolute Gasteiger partial charge is 0.243 e. The molecule has 1 aromatic heterocycles. The zero-order valence-electron chi connectivity index (χ0n) is 45.7. The summed E-state index contributed by atoms with van der Waals surface area (Å²) in [6.07, 6.45) is 6.70. The minimum absolute atomic E-state index is 0.0282. The summed E-state index contributed by atoms with van der Waals surface area (Å²) in [7, 11) is 0. The number of guanidine groups is 2. The topological polar surface area (TPSA) is 422 Å². The highest BCUT2D eigenvalue weighted by Gasteiger charge is 2.36. The van der Waals surface area contributed by atoms with Crippen LogP contribution < -0.4 is 66.3 Å². The number of nitrogens with zero attached hydrogens (tertiary/aromatic N) is 2. The van der Waals surface area contributed by atoms with Crippen LogP contribution in [0.4, 0.5) is 0 Å². The zero-order valence-corrected chi connectivity index (χ0v) is 45.7. The van der Waals surface area contributed by atoms with E-state index in [1.54, 1.807) is 36.5 Å². The number of Topliss-reactive ketones (excluding diaryl/α,β-unsaturated/α-hetero) is 2. The van der Waals surface area contributed by atoms with E-state index in [1.807, 2.05) is 24.3 Å². The van der Waals surface area contributed by atoms with Crippen LogP contribution in [0.15, 0.2) is 70.8 Å². The lowest BCUT2D eigenvalue weighted by Gasteiger charge is -2.27. The lowest BCUT2D eigenvalue weighted by Crippen LogP contribution is -2.59. The van der Waals surface area contributed by atoms with Crippen LogP contribution in [0.3, 0.4) is 0 Å². The normalized spacial score (nSPS) is 22.1. The number of carbonyl (C=O) groups excluding carboxylic acids is 9. The molecule has 2 aromatic carbocycles. The van der Waals surface area contributed by atoms with Crippen molar-refractivity contribution in [2.24, 2.45) is 62.1 Å². The van der Waals surface area contributed by atoms with E-state index in [9.17, 15) is 43.2 Å². The lowest BCUT2D eigenvalue weighted by molar-refractivity contribution is -0.136. The molecule has 436 valence electrons. The van der Waals surface area contributed by atoms with E-state index in [4.69, 9.17) is 34.4 Å². The summed E-state index contributed by atoms with van der Waals surface area (Å²) in [5.74, 6) is -8.18. The average molecular weight is 1110 g/mol. The number of fused-ring (bicyclic) bond motifs is 1. The van der Waals surface area contributed by atoms with Gasteiger partial charge in [0, 0.05) is 67.8 Å². The maximum Gasteiger partial charge on any atom is 0.243 e. The number of aromatic amines is 1. The van der Waals surface area contributed by atoms with Crippen molar-refractivity contribution in [1.29, 1.82) is 0 Å². The monoisotopic (exact) mass is 1110 g/mol. The lowest BCUT2D eigenvalue weighted by atomic mass is 9.83. The Morgan fingerprint density at radius 1 is 0.662 bits per heavy atom. The molecule has 1 aliphatic heterocycles. The van der Waals surface area contributed by atoms with E-state index in [0.717, 1.165) is 48.6 Å². The molecule has 80 heavy (non-hydrogen) atoms. The van der Waals surface area contributed by atoms with E-state index >= 15 is 0 Å². The van der Waals surface area contributed by atoms with Gasteiger partial charge in [-0.3, -0.25) is 53.1 Å². The van der Waals surface area contributed by atoms with Crippen molar-refractivity contribution in [1.82, 2.24) is 36.9 Å². The van der Waals surface area contributed by atoms with Crippen molar-refractivity contribution >= 4 is 75.7 Å².